The number of carbonyl (C=O) groups excluding carboxylic acids is 1. The standard InChI is InChI=1S/C19H21N5O2/c1-23(19-15(13-20)3-2-8-21-19)14-18(25)22-16-4-6-17(7-5-16)24-9-11-26-12-10-24/h2-8H,9-12,14H2,1H3,(H,22,25). The van der Waals surface area contributed by atoms with E-state index in [4.69, 9.17) is 10.00 Å². The van der Waals surface area contributed by atoms with E-state index in [0.29, 0.717) is 11.4 Å². The van der Waals surface area contributed by atoms with Crippen LogP contribution in [0.5, 0.6) is 0 Å². The lowest BCUT2D eigenvalue weighted by Crippen LogP contribution is -2.36. The number of amides is 1. The number of likely N-dealkylation sites (N-methyl/N-ethyl adjacent to an activating group) is 1. The Labute approximate surface area is 152 Å². The van der Waals surface area contributed by atoms with Crippen molar-refractivity contribution in [3.63, 3.8) is 0 Å². The van der Waals surface area contributed by atoms with E-state index in [2.05, 4.69) is 21.3 Å². The van der Waals surface area contributed by atoms with Gasteiger partial charge in [-0.2, -0.15) is 5.26 Å². The number of rotatable bonds is 5. The highest BCUT2D eigenvalue weighted by Gasteiger charge is 2.13. The Kier molecular flexibility index (Phi) is 5.66. The summed E-state index contributed by atoms with van der Waals surface area (Å²) in [5.74, 6) is 0.328. The van der Waals surface area contributed by atoms with E-state index in [9.17, 15) is 4.79 Å². The van der Waals surface area contributed by atoms with Gasteiger partial charge in [-0.05, 0) is 36.4 Å². The van der Waals surface area contributed by atoms with Crippen LogP contribution in [0.25, 0.3) is 0 Å². The Bertz CT molecular complexity index is 794. The molecule has 7 nitrogen and oxygen atoms in total. The Morgan fingerprint density at radius 3 is 2.73 bits per heavy atom. The monoisotopic (exact) mass is 351 g/mol. The summed E-state index contributed by atoms with van der Waals surface area (Å²) in [4.78, 5) is 20.4. The summed E-state index contributed by atoms with van der Waals surface area (Å²) in [6.07, 6.45) is 1.61. The van der Waals surface area contributed by atoms with Gasteiger partial charge in [-0.1, -0.05) is 0 Å². The number of morpholine rings is 1. The van der Waals surface area contributed by atoms with Crippen molar-refractivity contribution < 1.29 is 9.53 Å². The third kappa shape index (κ3) is 4.29. The predicted octanol–water partition coefficient (Wildman–Crippen LogP) is 1.86. The molecule has 3 rings (SSSR count). The molecule has 0 unspecified atom stereocenters. The first-order valence-electron chi connectivity index (χ1n) is 8.46. The van der Waals surface area contributed by atoms with E-state index in [1.807, 2.05) is 24.3 Å². The van der Waals surface area contributed by atoms with Gasteiger partial charge in [0.15, 0.2) is 0 Å². The lowest BCUT2D eigenvalue weighted by Gasteiger charge is -2.28. The third-order valence-corrected chi connectivity index (χ3v) is 4.18. The number of nitriles is 1. The molecule has 0 aliphatic carbocycles. The van der Waals surface area contributed by atoms with Gasteiger partial charge in [0.1, 0.15) is 11.9 Å². The lowest BCUT2D eigenvalue weighted by atomic mass is 10.2. The molecule has 7 heteroatoms. The van der Waals surface area contributed by atoms with Crippen LogP contribution in [-0.2, 0) is 9.53 Å². The maximum Gasteiger partial charge on any atom is 0.243 e. The number of hydrogen-bond acceptors (Lipinski definition) is 6. The normalized spacial score (nSPS) is 13.8. The number of hydrogen-bond donors (Lipinski definition) is 1. The molecular weight excluding hydrogens is 330 g/mol. The molecule has 1 saturated heterocycles. The maximum atomic E-state index is 12.3. The highest BCUT2D eigenvalue weighted by atomic mass is 16.5. The van der Waals surface area contributed by atoms with Crippen LogP contribution in [0.15, 0.2) is 42.6 Å². The molecule has 0 bridgehead atoms. The molecule has 0 atom stereocenters. The average molecular weight is 351 g/mol. The summed E-state index contributed by atoms with van der Waals surface area (Å²) >= 11 is 0. The van der Waals surface area contributed by atoms with Gasteiger partial charge in [-0.3, -0.25) is 4.79 Å². The Balaban J connectivity index is 1.58. The fraction of sp³-hybridized carbons (Fsp3) is 0.316. The van der Waals surface area contributed by atoms with E-state index >= 15 is 0 Å². The van der Waals surface area contributed by atoms with Crippen molar-refractivity contribution >= 4 is 23.1 Å². The molecule has 1 amide bonds. The van der Waals surface area contributed by atoms with Crippen LogP contribution in [0.1, 0.15) is 5.56 Å². The molecule has 1 aliphatic heterocycles. The van der Waals surface area contributed by atoms with Crippen LogP contribution in [0, 0.1) is 11.3 Å². The van der Waals surface area contributed by atoms with Crippen LogP contribution in [0.3, 0.4) is 0 Å². The Morgan fingerprint density at radius 1 is 1.31 bits per heavy atom. The predicted molar refractivity (Wildman–Crippen MR) is 100 cm³/mol. The zero-order valence-electron chi connectivity index (χ0n) is 14.7. The number of anilines is 3. The molecule has 1 fully saturated rings. The summed E-state index contributed by atoms with van der Waals surface area (Å²) < 4.78 is 5.36. The summed E-state index contributed by atoms with van der Waals surface area (Å²) in [5, 5.41) is 12.0. The van der Waals surface area contributed by atoms with E-state index in [-0.39, 0.29) is 12.5 Å². The Hall–Kier alpha value is -3.11. The van der Waals surface area contributed by atoms with Crippen molar-refractivity contribution in [2.45, 2.75) is 0 Å². The second kappa shape index (κ2) is 8.32. The van der Waals surface area contributed by atoms with Crippen LogP contribution < -0.4 is 15.1 Å². The smallest absolute Gasteiger partial charge is 0.243 e. The molecule has 1 N–H and O–H groups in total. The Morgan fingerprint density at radius 2 is 2.04 bits per heavy atom. The number of carbonyl (C=O) groups is 1. The fourth-order valence-electron chi connectivity index (χ4n) is 2.86. The van der Waals surface area contributed by atoms with E-state index < -0.39 is 0 Å². The van der Waals surface area contributed by atoms with Crippen LogP contribution >= 0.6 is 0 Å². The molecule has 26 heavy (non-hydrogen) atoms. The molecule has 0 spiro atoms. The molecule has 1 aliphatic rings. The van der Waals surface area contributed by atoms with Crippen molar-refractivity contribution in [3.8, 4) is 6.07 Å². The zero-order valence-corrected chi connectivity index (χ0v) is 14.7. The largest absolute Gasteiger partial charge is 0.378 e. The number of nitrogens with one attached hydrogen (secondary N) is 1. The van der Waals surface area contributed by atoms with Crippen LogP contribution in [-0.4, -0.2) is 50.8 Å². The summed E-state index contributed by atoms with van der Waals surface area (Å²) in [5.41, 5.74) is 2.30. The zero-order chi connectivity index (χ0) is 18.4. The molecule has 2 aromatic rings. The van der Waals surface area contributed by atoms with Crippen molar-refractivity contribution in [1.29, 1.82) is 5.26 Å². The number of ether oxygens (including phenoxy) is 1. The molecule has 1 aromatic heterocycles. The SMILES string of the molecule is CN(CC(=O)Nc1ccc(N2CCOCC2)cc1)c1ncccc1C#N. The first-order chi connectivity index (χ1) is 12.7. The van der Waals surface area contributed by atoms with Crippen molar-refractivity contribution in [2.75, 3.05) is 55.0 Å². The van der Waals surface area contributed by atoms with Gasteiger partial charge in [0.05, 0.1) is 25.3 Å². The van der Waals surface area contributed by atoms with Crippen molar-refractivity contribution in [3.05, 3.63) is 48.2 Å². The number of aromatic nitrogens is 1. The molecule has 0 radical (unpaired) electrons. The average Bonchev–Trinajstić information content (AvgIpc) is 2.69. The minimum Gasteiger partial charge on any atom is -0.378 e. The second-order valence-electron chi connectivity index (χ2n) is 6.04. The van der Waals surface area contributed by atoms with E-state index in [0.717, 1.165) is 37.7 Å². The quantitative estimate of drug-likeness (QED) is 0.886. The minimum absolute atomic E-state index is 0.108. The van der Waals surface area contributed by atoms with E-state index in [1.165, 1.54) is 0 Å². The summed E-state index contributed by atoms with van der Waals surface area (Å²) in [6.45, 7) is 3.34. The number of nitrogens with zero attached hydrogens (tertiary/aromatic N) is 4. The van der Waals surface area contributed by atoms with Crippen LogP contribution in [0.2, 0.25) is 0 Å². The number of pyridine rings is 1. The van der Waals surface area contributed by atoms with Crippen molar-refractivity contribution in [1.82, 2.24) is 4.98 Å². The summed E-state index contributed by atoms with van der Waals surface area (Å²) in [6, 6.07) is 13.2. The van der Waals surface area contributed by atoms with Gasteiger partial charge in [-0.25, -0.2) is 4.98 Å². The lowest BCUT2D eigenvalue weighted by molar-refractivity contribution is -0.114. The molecule has 2 heterocycles. The number of benzene rings is 1. The summed E-state index contributed by atoms with van der Waals surface area (Å²) in [7, 11) is 1.74. The van der Waals surface area contributed by atoms with Gasteiger partial charge in [-0.15, -0.1) is 0 Å². The topological polar surface area (TPSA) is 81.5 Å². The van der Waals surface area contributed by atoms with Crippen LogP contribution in [0.4, 0.5) is 17.2 Å². The third-order valence-electron chi connectivity index (χ3n) is 4.18. The molecular formula is C19H21N5O2. The molecule has 1 aromatic carbocycles. The first kappa shape index (κ1) is 17.7. The molecule has 134 valence electrons. The van der Waals surface area contributed by atoms with E-state index in [1.54, 1.807) is 30.3 Å². The van der Waals surface area contributed by atoms with Gasteiger partial charge < -0.3 is 19.9 Å². The van der Waals surface area contributed by atoms with Gasteiger partial charge in [0.25, 0.3) is 0 Å². The minimum atomic E-state index is -0.166. The van der Waals surface area contributed by atoms with Gasteiger partial charge >= 0.3 is 0 Å². The van der Waals surface area contributed by atoms with Gasteiger partial charge in [0.2, 0.25) is 5.91 Å². The highest BCUT2D eigenvalue weighted by Crippen LogP contribution is 2.19. The highest BCUT2D eigenvalue weighted by molar-refractivity contribution is 5.94. The van der Waals surface area contributed by atoms with Gasteiger partial charge in [0, 0.05) is 37.7 Å². The second-order valence-corrected chi connectivity index (χ2v) is 6.04. The molecule has 0 saturated carbocycles. The maximum absolute atomic E-state index is 12.3. The fourth-order valence-corrected chi connectivity index (χ4v) is 2.86. The van der Waals surface area contributed by atoms with Crippen molar-refractivity contribution in [2.24, 2.45) is 0 Å². The first-order valence-corrected chi connectivity index (χ1v) is 8.46.